The van der Waals surface area contributed by atoms with Crippen LogP contribution in [0.5, 0.6) is 5.75 Å². The van der Waals surface area contributed by atoms with Gasteiger partial charge in [-0.15, -0.1) is 15.3 Å². The number of aromatic nitrogens is 6. The Hall–Kier alpha value is -3.20. The molecule has 2 aromatic carbocycles. The molecule has 0 bridgehead atoms. The normalized spacial score (nSPS) is 10.8. The van der Waals surface area contributed by atoms with Gasteiger partial charge in [0.25, 0.3) is 11.1 Å². The van der Waals surface area contributed by atoms with Crippen molar-refractivity contribution >= 4 is 11.8 Å². The molecule has 0 saturated carbocycles. The van der Waals surface area contributed by atoms with Crippen molar-refractivity contribution < 1.29 is 9.15 Å². The smallest absolute Gasteiger partial charge is 0.277 e. The second kappa shape index (κ2) is 7.36. The fraction of sp³-hybridized carbons (Fsp3) is 0.118. The quantitative estimate of drug-likeness (QED) is 0.481. The van der Waals surface area contributed by atoms with Gasteiger partial charge in [-0.1, -0.05) is 42.1 Å². The van der Waals surface area contributed by atoms with Gasteiger partial charge in [-0.2, -0.15) is 4.68 Å². The first-order chi connectivity index (χ1) is 12.8. The Balaban J connectivity index is 1.51. The number of thioether (sulfide) groups is 1. The monoisotopic (exact) mass is 366 g/mol. The number of hydrogen-bond acceptors (Lipinski definition) is 8. The standard InChI is InChI=1S/C17H14N6O2S/c1-24-14-10-6-5-9-13(14)16-19-20-17(25-16)26-11-15-18-21-22-23(15)12-7-3-2-4-8-12/h2-10H,11H2,1H3. The van der Waals surface area contributed by atoms with Crippen LogP contribution >= 0.6 is 11.8 Å². The van der Waals surface area contributed by atoms with E-state index >= 15 is 0 Å². The second-order valence-electron chi connectivity index (χ2n) is 5.20. The van der Waals surface area contributed by atoms with E-state index in [9.17, 15) is 0 Å². The lowest BCUT2D eigenvalue weighted by atomic mass is 10.2. The van der Waals surface area contributed by atoms with Gasteiger partial charge in [0.2, 0.25) is 0 Å². The van der Waals surface area contributed by atoms with Crippen LogP contribution in [-0.2, 0) is 5.75 Å². The largest absolute Gasteiger partial charge is 0.496 e. The molecule has 130 valence electrons. The van der Waals surface area contributed by atoms with E-state index in [4.69, 9.17) is 9.15 Å². The molecule has 4 rings (SSSR count). The van der Waals surface area contributed by atoms with E-state index in [0.29, 0.717) is 28.4 Å². The van der Waals surface area contributed by atoms with E-state index in [1.165, 1.54) is 11.8 Å². The molecular formula is C17H14N6O2S. The number of hydrogen-bond donors (Lipinski definition) is 0. The Morgan fingerprint density at radius 3 is 2.65 bits per heavy atom. The maximum Gasteiger partial charge on any atom is 0.277 e. The second-order valence-corrected chi connectivity index (χ2v) is 6.13. The van der Waals surface area contributed by atoms with Crippen molar-refractivity contribution in [1.82, 2.24) is 30.4 Å². The molecular weight excluding hydrogens is 352 g/mol. The minimum absolute atomic E-state index is 0.410. The summed E-state index contributed by atoms with van der Waals surface area (Å²) in [6.45, 7) is 0. The number of ether oxygens (including phenoxy) is 1. The molecule has 0 saturated heterocycles. The number of para-hydroxylation sites is 2. The van der Waals surface area contributed by atoms with Crippen LogP contribution in [0, 0.1) is 0 Å². The van der Waals surface area contributed by atoms with Crippen molar-refractivity contribution in [3.63, 3.8) is 0 Å². The minimum atomic E-state index is 0.410. The summed E-state index contributed by atoms with van der Waals surface area (Å²) in [6.07, 6.45) is 0. The van der Waals surface area contributed by atoms with Crippen molar-refractivity contribution in [1.29, 1.82) is 0 Å². The van der Waals surface area contributed by atoms with Crippen LogP contribution in [0.25, 0.3) is 17.1 Å². The molecule has 0 radical (unpaired) electrons. The lowest BCUT2D eigenvalue weighted by Crippen LogP contribution is -2.01. The van der Waals surface area contributed by atoms with Crippen LogP contribution < -0.4 is 4.74 Å². The zero-order valence-electron chi connectivity index (χ0n) is 13.8. The van der Waals surface area contributed by atoms with E-state index in [1.54, 1.807) is 11.8 Å². The highest BCUT2D eigenvalue weighted by molar-refractivity contribution is 7.98. The number of benzene rings is 2. The highest BCUT2D eigenvalue weighted by Gasteiger charge is 2.15. The van der Waals surface area contributed by atoms with Crippen LogP contribution in [0.4, 0.5) is 0 Å². The summed E-state index contributed by atoms with van der Waals surface area (Å²) in [7, 11) is 1.61. The molecule has 0 aliphatic carbocycles. The summed E-state index contributed by atoms with van der Waals surface area (Å²) < 4.78 is 12.8. The minimum Gasteiger partial charge on any atom is -0.496 e. The van der Waals surface area contributed by atoms with Gasteiger partial charge in [0.1, 0.15) is 5.75 Å². The third-order valence-electron chi connectivity index (χ3n) is 3.60. The zero-order valence-corrected chi connectivity index (χ0v) is 14.6. The average molecular weight is 366 g/mol. The van der Waals surface area contributed by atoms with Gasteiger partial charge in [0.15, 0.2) is 5.82 Å². The van der Waals surface area contributed by atoms with Gasteiger partial charge >= 0.3 is 0 Å². The molecule has 8 nitrogen and oxygen atoms in total. The lowest BCUT2D eigenvalue weighted by molar-refractivity contribution is 0.411. The molecule has 2 heterocycles. The first kappa shape index (κ1) is 16.3. The first-order valence-electron chi connectivity index (χ1n) is 7.77. The van der Waals surface area contributed by atoms with Crippen molar-refractivity contribution in [2.75, 3.05) is 7.11 Å². The van der Waals surface area contributed by atoms with Crippen LogP contribution in [-0.4, -0.2) is 37.5 Å². The predicted octanol–water partition coefficient (Wildman–Crippen LogP) is 3.01. The molecule has 0 N–H and O–H groups in total. The molecule has 0 unspecified atom stereocenters. The number of methoxy groups -OCH3 is 1. The molecule has 0 aliphatic rings. The van der Waals surface area contributed by atoms with Crippen LogP contribution in [0.2, 0.25) is 0 Å². The topological polar surface area (TPSA) is 91.8 Å². The van der Waals surface area contributed by atoms with Crippen molar-refractivity contribution in [2.45, 2.75) is 11.0 Å². The molecule has 26 heavy (non-hydrogen) atoms. The third kappa shape index (κ3) is 3.29. The van der Waals surface area contributed by atoms with Gasteiger partial charge in [0.05, 0.1) is 24.1 Å². The SMILES string of the molecule is COc1ccccc1-c1nnc(SCc2nnnn2-c2ccccc2)o1. The highest BCUT2D eigenvalue weighted by Crippen LogP contribution is 2.31. The van der Waals surface area contributed by atoms with Crippen molar-refractivity contribution in [2.24, 2.45) is 0 Å². The zero-order chi connectivity index (χ0) is 17.8. The summed E-state index contributed by atoms with van der Waals surface area (Å²) in [4.78, 5) is 0. The highest BCUT2D eigenvalue weighted by atomic mass is 32.2. The van der Waals surface area contributed by atoms with Gasteiger partial charge in [0, 0.05) is 0 Å². The Kier molecular flexibility index (Phi) is 4.61. The maximum atomic E-state index is 5.74. The van der Waals surface area contributed by atoms with Gasteiger partial charge < -0.3 is 9.15 Å². The predicted molar refractivity (Wildman–Crippen MR) is 95.0 cm³/mol. The molecule has 4 aromatic rings. The molecule has 0 fully saturated rings. The lowest BCUT2D eigenvalue weighted by Gasteiger charge is -2.03. The maximum absolute atomic E-state index is 5.74. The summed E-state index contributed by atoms with van der Waals surface area (Å²) in [5.74, 6) is 2.28. The Morgan fingerprint density at radius 2 is 1.81 bits per heavy atom. The number of tetrazole rings is 1. The Morgan fingerprint density at radius 1 is 1.00 bits per heavy atom. The molecule has 9 heteroatoms. The fourth-order valence-corrected chi connectivity index (χ4v) is 3.06. The van der Waals surface area contributed by atoms with Crippen LogP contribution in [0.15, 0.2) is 64.2 Å². The van der Waals surface area contributed by atoms with E-state index in [-0.39, 0.29) is 0 Å². The van der Waals surface area contributed by atoms with Gasteiger partial charge in [-0.25, -0.2) is 0 Å². The van der Waals surface area contributed by atoms with Gasteiger partial charge in [-0.3, -0.25) is 0 Å². The number of nitrogens with zero attached hydrogens (tertiary/aromatic N) is 6. The van der Waals surface area contributed by atoms with E-state index in [2.05, 4.69) is 25.7 Å². The number of rotatable bonds is 6. The summed E-state index contributed by atoms with van der Waals surface area (Å²) in [6, 6.07) is 17.2. The van der Waals surface area contributed by atoms with Crippen LogP contribution in [0.3, 0.4) is 0 Å². The molecule has 0 spiro atoms. The van der Waals surface area contributed by atoms with Gasteiger partial charge in [-0.05, 0) is 34.7 Å². The first-order valence-corrected chi connectivity index (χ1v) is 8.76. The molecule has 2 aromatic heterocycles. The van der Waals surface area contributed by atoms with Crippen molar-refractivity contribution in [3.05, 3.63) is 60.4 Å². The van der Waals surface area contributed by atoms with Crippen molar-refractivity contribution in [3.8, 4) is 22.9 Å². The van der Waals surface area contributed by atoms with Crippen LogP contribution in [0.1, 0.15) is 5.82 Å². The molecule has 0 aliphatic heterocycles. The summed E-state index contributed by atoms with van der Waals surface area (Å²) in [5, 5.41) is 20.5. The molecule has 0 atom stereocenters. The Bertz CT molecular complexity index is 1000. The summed E-state index contributed by atoms with van der Waals surface area (Å²) in [5.41, 5.74) is 1.65. The van der Waals surface area contributed by atoms with E-state index in [0.717, 1.165) is 11.3 Å². The average Bonchev–Trinajstić information content (AvgIpc) is 3.36. The van der Waals surface area contributed by atoms with E-state index in [1.807, 2.05) is 54.6 Å². The Labute approximate surface area is 153 Å². The van der Waals surface area contributed by atoms with E-state index < -0.39 is 0 Å². The fourth-order valence-electron chi connectivity index (χ4n) is 2.39. The molecule has 0 amide bonds. The summed E-state index contributed by atoms with van der Waals surface area (Å²) >= 11 is 1.37. The third-order valence-corrected chi connectivity index (χ3v) is 4.42.